The maximum atomic E-state index is 11.6. The first-order valence-electron chi connectivity index (χ1n) is 5.39. The third-order valence-electron chi connectivity index (χ3n) is 2.97. The lowest BCUT2D eigenvalue weighted by Crippen LogP contribution is -2.34. The van der Waals surface area contributed by atoms with E-state index in [4.69, 9.17) is 0 Å². The molecule has 0 saturated heterocycles. The molecule has 0 radical (unpaired) electrons. The lowest BCUT2D eigenvalue weighted by molar-refractivity contribution is 0.480. The average molecular weight is 348 g/mol. The quantitative estimate of drug-likeness (QED) is 0.649. The minimum atomic E-state index is -3.47. The molecule has 1 saturated carbocycles. The Morgan fingerprint density at radius 3 is 2.18 bits per heavy atom. The minimum absolute atomic E-state index is 0.0989. The van der Waals surface area contributed by atoms with Gasteiger partial charge in [-0.2, -0.15) is 0 Å². The zero-order valence-corrected chi connectivity index (χ0v) is 13.0. The molecule has 0 bridgehead atoms. The van der Waals surface area contributed by atoms with E-state index >= 15 is 0 Å². The second-order valence-electron chi connectivity index (χ2n) is 4.71. The van der Waals surface area contributed by atoms with E-state index in [0.717, 1.165) is 30.8 Å². The number of nitrogens with one attached hydrogen (secondary N) is 1. The molecule has 0 atom stereocenters. The summed E-state index contributed by atoms with van der Waals surface area (Å²) in [5.41, 5.74) is 0.0989. The monoisotopic (exact) mass is 347 g/mol. The van der Waals surface area contributed by atoms with Crippen molar-refractivity contribution in [3.05, 3.63) is 0 Å². The molecule has 0 amide bonds. The Kier molecular flexibility index (Phi) is 5.02. The number of sulfone groups is 1. The normalized spacial score (nSPS) is 19.2. The predicted octanol–water partition coefficient (Wildman–Crippen LogP) is 0.516. The van der Waals surface area contributed by atoms with Gasteiger partial charge in [0, 0.05) is 18.1 Å². The highest BCUT2D eigenvalue weighted by atomic mass is 79.9. The minimum Gasteiger partial charge on any atom is -0.229 e. The number of alkyl halides is 1. The first kappa shape index (κ1) is 15.4. The fraction of sp³-hybridized carbons (Fsp3) is 1.00. The highest BCUT2D eigenvalue weighted by Crippen LogP contribution is 2.48. The van der Waals surface area contributed by atoms with E-state index in [0.29, 0.717) is 6.54 Å². The number of rotatable bonds is 8. The Labute approximate surface area is 111 Å². The summed E-state index contributed by atoms with van der Waals surface area (Å²) in [6.07, 6.45) is 4.05. The topological polar surface area (TPSA) is 80.3 Å². The van der Waals surface area contributed by atoms with Gasteiger partial charge in [0.15, 0.2) is 0 Å². The number of hydrogen-bond donors (Lipinski definition) is 1. The largest absolute Gasteiger partial charge is 0.229 e. The molecule has 1 aliphatic rings. The van der Waals surface area contributed by atoms with Gasteiger partial charge in [-0.3, -0.25) is 0 Å². The summed E-state index contributed by atoms with van der Waals surface area (Å²) in [6.45, 7) is 0.421. The smallest absolute Gasteiger partial charge is 0.212 e. The van der Waals surface area contributed by atoms with Gasteiger partial charge in [-0.15, -0.1) is 0 Å². The van der Waals surface area contributed by atoms with Crippen molar-refractivity contribution in [2.24, 2.45) is 5.41 Å². The Morgan fingerprint density at radius 1 is 1.18 bits per heavy atom. The summed E-state index contributed by atoms with van der Waals surface area (Å²) >= 11 is 3.35. The molecule has 8 heteroatoms. The maximum Gasteiger partial charge on any atom is 0.212 e. The molecule has 0 aliphatic heterocycles. The lowest BCUT2D eigenvalue weighted by Gasteiger charge is -2.14. The van der Waals surface area contributed by atoms with Crippen LogP contribution in [0.4, 0.5) is 0 Å². The highest BCUT2D eigenvalue weighted by Gasteiger charge is 2.42. The van der Waals surface area contributed by atoms with E-state index in [1.54, 1.807) is 0 Å². The Morgan fingerprint density at radius 2 is 1.76 bits per heavy atom. The van der Waals surface area contributed by atoms with Gasteiger partial charge in [0.2, 0.25) is 10.0 Å². The first-order valence-corrected chi connectivity index (χ1v) is 10.2. The SMILES string of the molecule is CS(=O)(=O)CCS(=O)(=O)NCC1(CCBr)CC1. The van der Waals surface area contributed by atoms with E-state index in [-0.39, 0.29) is 16.9 Å². The fourth-order valence-electron chi connectivity index (χ4n) is 1.49. The first-order chi connectivity index (χ1) is 7.68. The number of hydrogen-bond acceptors (Lipinski definition) is 4. The molecule has 102 valence electrons. The van der Waals surface area contributed by atoms with Gasteiger partial charge in [-0.25, -0.2) is 21.6 Å². The van der Waals surface area contributed by atoms with Gasteiger partial charge >= 0.3 is 0 Å². The molecule has 1 N–H and O–H groups in total. The third-order valence-corrected chi connectivity index (χ3v) is 5.90. The number of sulfonamides is 1. The van der Waals surface area contributed by atoms with Crippen LogP contribution in [0.2, 0.25) is 0 Å². The van der Waals surface area contributed by atoms with Crippen molar-refractivity contribution >= 4 is 35.8 Å². The van der Waals surface area contributed by atoms with Crippen molar-refractivity contribution in [2.75, 3.05) is 29.6 Å². The third kappa shape index (κ3) is 6.17. The molecule has 5 nitrogen and oxygen atoms in total. The highest BCUT2D eigenvalue weighted by molar-refractivity contribution is 9.09. The van der Waals surface area contributed by atoms with E-state index in [2.05, 4.69) is 20.7 Å². The van der Waals surface area contributed by atoms with Crippen LogP contribution in [0.1, 0.15) is 19.3 Å². The van der Waals surface area contributed by atoms with Gasteiger partial charge in [-0.1, -0.05) is 15.9 Å². The standard InChI is InChI=1S/C9H18BrNO4S2/c1-16(12,13)6-7-17(14,15)11-8-9(2-3-9)4-5-10/h11H,2-8H2,1H3. The summed E-state index contributed by atoms with van der Waals surface area (Å²) < 4.78 is 47.4. The molecule has 1 fully saturated rings. The van der Waals surface area contributed by atoms with Crippen LogP contribution < -0.4 is 4.72 Å². The molecule has 1 rings (SSSR count). The van der Waals surface area contributed by atoms with Crippen LogP contribution in [0, 0.1) is 5.41 Å². The summed E-state index contributed by atoms with van der Waals surface area (Å²) in [4.78, 5) is 0. The zero-order valence-electron chi connectivity index (χ0n) is 9.78. The molecule has 0 aromatic rings. The Bertz CT molecular complexity index is 453. The van der Waals surface area contributed by atoms with Crippen molar-refractivity contribution in [1.29, 1.82) is 0 Å². The van der Waals surface area contributed by atoms with Gasteiger partial charge < -0.3 is 0 Å². The lowest BCUT2D eigenvalue weighted by atomic mass is 10.1. The molecule has 0 spiro atoms. The fourth-order valence-corrected chi connectivity index (χ4v) is 5.09. The van der Waals surface area contributed by atoms with E-state index < -0.39 is 19.9 Å². The summed E-state index contributed by atoms with van der Waals surface area (Å²) in [5, 5.41) is 0.859. The van der Waals surface area contributed by atoms with E-state index in [1.807, 2.05) is 0 Å². The van der Waals surface area contributed by atoms with Crippen LogP contribution in [0.5, 0.6) is 0 Å². The van der Waals surface area contributed by atoms with Crippen LogP contribution in [-0.4, -0.2) is 46.5 Å². The van der Waals surface area contributed by atoms with Gasteiger partial charge in [0.1, 0.15) is 9.84 Å². The van der Waals surface area contributed by atoms with Crippen molar-refractivity contribution in [3.63, 3.8) is 0 Å². The second-order valence-corrected chi connectivity index (χ2v) is 9.69. The van der Waals surface area contributed by atoms with E-state index in [9.17, 15) is 16.8 Å². The van der Waals surface area contributed by atoms with Crippen molar-refractivity contribution < 1.29 is 16.8 Å². The predicted molar refractivity (Wildman–Crippen MR) is 71.6 cm³/mol. The molecular weight excluding hydrogens is 330 g/mol. The molecule has 0 aromatic carbocycles. The van der Waals surface area contributed by atoms with Gasteiger partial charge in [0.05, 0.1) is 11.5 Å². The van der Waals surface area contributed by atoms with Gasteiger partial charge in [-0.05, 0) is 24.7 Å². The molecule has 1 aliphatic carbocycles. The summed E-state index contributed by atoms with van der Waals surface area (Å²) in [7, 11) is -6.70. The van der Waals surface area contributed by atoms with Crippen molar-refractivity contribution in [3.8, 4) is 0 Å². The number of halogens is 1. The Balaban J connectivity index is 2.40. The molecule has 0 aromatic heterocycles. The molecule has 0 unspecified atom stereocenters. The summed E-state index contributed by atoms with van der Waals surface area (Å²) in [5.74, 6) is -0.677. The molecular formula is C9H18BrNO4S2. The van der Waals surface area contributed by atoms with Crippen molar-refractivity contribution in [1.82, 2.24) is 4.72 Å². The van der Waals surface area contributed by atoms with Gasteiger partial charge in [0.25, 0.3) is 0 Å². The summed E-state index contributed by atoms with van der Waals surface area (Å²) in [6, 6.07) is 0. The van der Waals surface area contributed by atoms with Crippen LogP contribution in [-0.2, 0) is 19.9 Å². The second kappa shape index (κ2) is 5.54. The molecule has 17 heavy (non-hydrogen) atoms. The van der Waals surface area contributed by atoms with Crippen molar-refractivity contribution in [2.45, 2.75) is 19.3 Å². The van der Waals surface area contributed by atoms with E-state index in [1.165, 1.54) is 0 Å². The molecule has 0 heterocycles. The van der Waals surface area contributed by atoms with Crippen LogP contribution >= 0.6 is 15.9 Å². The Hall–Kier alpha value is 0.340. The maximum absolute atomic E-state index is 11.6. The van der Waals surface area contributed by atoms with Crippen LogP contribution in [0.25, 0.3) is 0 Å². The average Bonchev–Trinajstić information content (AvgIpc) is 2.93. The van der Waals surface area contributed by atoms with Crippen LogP contribution in [0.15, 0.2) is 0 Å². The van der Waals surface area contributed by atoms with Crippen LogP contribution in [0.3, 0.4) is 0 Å². The zero-order chi connectivity index (χ0) is 13.2.